The molecule has 0 aliphatic carbocycles. The highest BCUT2D eigenvalue weighted by atomic mass is 32.1. The number of ether oxygens (including phenoxy) is 1. The minimum Gasteiger partial charge on any atom is -0.492 e. The molecule has 3 nitrogen and oxygen atoms in total. The van der Waals surface area contributed by atoms with Gasteiger partial charge in [0.1, 0.15) is 5.75 Å². The van der Waals surface area contributed by atoms with Crippen LogP contribution in [-0.2, 0) is 5.41 Å². The number of fused-ring (bicyclic) bond motifs is 1. The lowest BCUT2D eigenvalue weighted by Gasteiger charge is -2.15. The normalized spacial score (nSPS) is 16.7. The molecule has 0 fully saturated rings. The van der Waals surface area contributed by atoms with Crippen LogP contribution in [0.1, 0.15) is 19.4 Å². The van der Waals surface area contributed by atoms with Gasteiger partial charge in [0.05, 0.1) is 6.61 Å². The third-order valence-electron chi connectivity index (χ3n) is 2.57. The Labute approximate surface area is 94.6 Å². The zero-order valence-electron chi connectivity index (χ0n) is 8.83. The topological polar surface area (TPSA) is 47.3 Å². The Morgan fingerprint density at radius 3 is 2.93 bits per heavy atom. The standard InChI is InChI=1S/C11H14N2OS/c1-11(2)6-14-9-5-7(13-10(12)15)3-4-8(9)11/h3-5H,6H2,1-2H3,(H3,12,13,15). The van der Waals surface area contributed by atoms with Crippen LogP contribution in [0.4, 0.5) is 5.69 Å². The third-order valence-corrected chi connectivity index (χ3v) is 2.67. The van der Waals surface area contributed by atoms with Crippen LogP contribution in [0.5, 0.6) is 5.75 Å². The van der Waals surface area contributed by atoms with Crippen molar-refractivity contribution in [1.29, 1.82) is 0 Å². The summed E-state index contributed by atoms with van der Waals surface area (Å²) >= 11 is 4.78. The molecule has 0 amide bonds. The van der Waals surface area contributed by atoms with Gasteiger partial charge in [-0.1, -0.05) is 19.9 Å². The van der Waals surface area contributed by atoms with E-state index in [4.69, 9.17) is 22.7 Å². The third kappa shape index (κ3) is 1.90. The van der Waals surface area contributed by atoms with Gasteiger partial charge in [-0.2, -0.15) is 0 Å². The van der Waals surface area contributed by atoms with Gasteiger partial charge in [0.2, 0.25) is 0 Å². The maximum Gasteiger partial charge on any atom is 0.168 e. The molecular formula is C11H14N2OS. The average Bonchev–Trinajstić information content (AvgIpc) is 2.41. The van der Waals surface area contributed by atoms with Gasteiger partial charge in [-0.05, 0) is 18.3 Å². The highest BCUT2D eigenvalue weighted by molar-refractivity contribution is 7.80. The molecule has 1 aliphatic heterocycles. The second kappa shape index (κ2) is 3.38. The maximum absolute atomic E-state index is 5.61. The summed E-state index contributed by atoms with van der Waals surface area (Å²) < 4.78 is 5.61. The van der Waals surface area contributed by atoms with Crippen molar-refractivity contribution in [2.75, 3.05) is 11.9 Å². The summed E-state index contributed by atoms with van der Waals surface area (Å²) in [6, 6.07) is 5.96. The van der Waals surface area contributed by atoms with Crippen LogP contribution < -0.4 is 15.8 Å². The van der Waals surface area contributed by atoms with Gasteiger partial charge in [0, 0.05) is 22.7 Å². The molecule has 15 heavy (non-hydrogen) atoms. The summed E-state index contributed by atoms with van der Waals surface area (Å²) in [7, 11) is 0. The first-order valence-electron chi connectivity index (χ1n) is 4.83. The van der Waals surface area contributed by atoms with Crippen LogP contribution in [0.25, 0.3) is 0 Å². The summed E-state index contributed by atoms with van der Waals surface area (Å²) in [5, 5.41) is 3.16. The fraction of sp³-hybridized carbons (Fsp3) is 0.364. The molecule has 0 saturated carbocycles. The van der Waals surface area contributed by atoms with Gasteiger partial charge in [-0.25, -0.2) is 0 Å². The quantitative estimate of drug-likeness (QED) is 0.714. The van der Waals surface area contributed by atoms with E-state index in [0.717, 1.165) is 18.0 Å². The SMILES string of the molecule is CC1(C)COc2cc(NC(N)=S)ccc21. The number of nitrogens with two attached hydrogens (primary N) is 1. The van der Waals surface area contributed by atoms with E-state index in [0.29, 0.717) is 0 Å². The zero-order chi connectivity index (χ0) is 11.1. The molecule has 0 bridgehead atoms. The van der Waals surface area contributed by atoms with E-state index in [9.17, 15) is 0 Å². The molecule has 1 aliphatic rings. The molecule has 0 aromatic heterocycles. The number of benzene rings is 1. The van der Waals surface area contributed by atoms with Gasteiger partial charge in [-0.15, -0.1) is 0 Å². The smallest absolute Gasteiger partial charge is 0.168 e. The Morgan fingerprint density at radius 1 is 1.53 bits per heavy atom. The van der Waals surface area contributed by atoms with Crippen molar-refractivity contribution in [3.05, 3.63) is 23.8 Å². The summed E-state index contributed by atoms with van der Waals surface area (Å²) in [4.78, 5) is 0. The molecule has 1 aromatic rings. The van der Waals surface area contributed by atoms with Crippen molar-refractivity contribution >= 4 is 23.0 Å². The van der Waals surface area contributed by atoms with Crippen LogP contribution in [0, 0.1) is 0 Å². The molecule has 0 radical (unpaired) electrons. The van der Waals surface area contributed by atoms with Crippen LogP contribution in [0.2, 0.25) is 0 Å². The molecular weight excluding hydrogens is 208 g/mol. The van der Waals surface area contributed by atoms with E-state index < -0.39 is 0 Å². The molecule has 80 valence electrons. The average molecular weight is 222 g/mol. The summed E-state index contributed by atoms with van der Waals surface area (Å²) in [6.45, 7) is 5.05. The number of hydrogen-bond donors (Lipinski definition) is 2. The predicted octanol–water partition coefficient (Wildman–Crippen LogP) is 2.01. The molecule has 0 spiro atoms. The molecule has 1 heterocycles. The first-order chi connectivity index (χ1) is 6.99. The van der Waals surface area contributed by atoms with Crippen LogP contribution in [-0.4, -0.2) is 11.7 Å². The molecule has 1 aromatic carbocycles. The Hall–Kier alpha value is -1.29. The van der Waals surface area contributed by atoms with Gasteiger partial charge in [0.15, 0.2) is 5.11 Å². The Kier molecular flexibility index (Phi) is 2.31. The number of thiocarbonyl (C=S) groups is 1. The lowest BCUT2D eigenvalue weighted by molar-refractivity contribution is 0.291. The van der Waals surface area contributed by atoms with E-state index >= 15 is 0 Å². The minimum absolute atomic E-state index is 0.0943. The Morgan fingerprint density at radius 2 is 2.27 bits per heavy atom. The second-order valence-electron chi connectivity index (χ2n) is 4.37. The predicted molar refractivity (Wildman–Crippen MR) is 65.4 cm³/mol. The minimum atomic E-state index is 0.0943. The van der Waals surface area contributed by atoms with Crippen molar-refractivity contribution in [1.82, 2.24) is 0 Å². The van der Waals surface area contributed by atoms with Crippen molar-refractivity contribution in [3.63, 3.8) is 0 Å². The maximum atomic E-state index is 5.61. The first kappa shape index (κ1) is 10.2. The molecule has 0 atom stereocenters. The van der Waals surface area contributed by atoms with Gasteiger partial charge in [-0.3, -0.25) is 0 Å². The van der Waals surface area contributed by atoms with Gasteiger partial charge in [0.25, 0.3) is 0 Å². The zero-order valence-corrected chi connectivity index (χ0v) is 9.65. The van der Waals surface area contributed by atoms with Gasteiger partial charge < -0.3 is 15.8 Å². The van der Waals surface area contributed by atoms with Crippen molar-refractivity contribution < 1.29 is 4.74 Å². The van der Waals surface area contributed by atoms with Crippen LogP contribution in [0.15, 0.2) is 18.2 Å². The monoisotopic (exact) mass is 222 g/mol. The Bertz CT molecular complexity index is 415. The van der Waals surface area contributed by atoms with E-state index in [1.807, 2.05) is 12.1 Å². The molecule has 3 N–H and O–H groups in total. The van der Waals surface area contributed by atoms with E-state index in [1.165, 1.54) is 5.56 Å². The van der Waals surface area contributed by atoms with Crippen LogP contribution >= 0.6 is 12.2 Å². The molecule has 4 heteroatoms. The van der Waals surface area contributed by atoms with Crippen molar-refractivity contribution in [3.8, 4) is 5.75 Å². The van der Waals surface area contributed by atoms with Crippen molar-refractivity contribution in [2.24, 2.45) is 5.73 Å². The summed E-state index contributed by atoms with van der Waals surface area (Å²) in [5.41, 5.74) is 7.60. The van der Waals surface area contributed by atoms with E-state index in [-0.39, 0.29) is 10.5 Å². The lowest BCUT2D eigenvalue weighted by atomic mass is 9.87. The van der Waals surface area contributed by atoms with E-state index in [1.54, 1.807) is 0 Å². The molecule has 0 saturated heterocycles. The highest BCUT2D eigenvalue weighted by Crippen LogP contribution is 2.39. The lowest BCUT2D eigenvalue weighted by Crippen LogP contribution is -2.19. The summed E-state index contributed by atoms with van der Waals surface area (Å²) in [6.07, 6.45) is 0. The Balaban J connectivity index is 2.33. The van der Waals surface area contributed by atoms with Crippen LogP contribution in [0.3, 0.4) is 0 Å². The molecule has 2 rings (SSSR count). The fourth-order valence-electron chi connectivity index (χ4n) is 1.76. The number of anilines is 1. The molecule has 0 unspecified atom stereocenters. The second-order valence-corrected chi connectivity index (χ2v) is 4.81. The van der Waals surface area contributed by atoms with E-state index in [2.05, 4.69) is 25.2 Å². The highest BCUT2D eigenvalue weighted by Gasteiger charge is 2.31. The number of hydrogen-bond acceptors (Lipinski definition) is 2. The van der Waals surface area contributed by atoms with Crippen molar-refractivity contribution in [2.45, 2.75) is 19.3 Å². The number of nitrogens with one attached hydrogen (secondary N) is 1. The number of rotatable bonds is 1. The fourth-order valence-corrected chi connectivity index (χ4v) is 1.87. The first-order valence-corrected chi connectivity index (χ1v) is 5.24. The summed E-state index contributed by atoms with van der Waals surface area (Å²) in [5.74, 6) is 0.918. The largest absolute Gasteiger partial charge is 0.492 e. The van der Waals surface area contributed by atoms with Gasteiger partial charge >= 0.3 is 0 Å².